The van der Waals surface area contributed by atoms with Crippen LogP contribution in [-0.4, -0.2) is 39.3 Å². The van der Waals surface area contributed by atoms with Gasteiger partial charge in [-0.2, -0.15) is 0 Å². The van der Waals surface area contributed by atoms with Crippen molar-refractivity contribution >= 4 is 21.9 Å². The average molecular weight is 280 g/mol. The van der Waals surface area contributed by atoms with E-state index in [-0.39, 0.29) is 18.3 Å². The molecule has 1 aromatic rings. The third-order valence-electron chi connectivity index (χ3n) is 3.49. The summed E-state index contributed by atoms with van der Waals surface area (Å²) in [6.07, 6.45) is -0.558. The molecule has 3 unspecified atom stereocenters. The van der Waals surface area contributed by atoms with Crippen LogP contribution in [0.4, 0.5) is 0 Å². The first-order valence-electron chi connectivity index (χ1n) is 6.13. The minimum absolute atomic E-state index is 0.116. The second kappa shape index (κ2) is 6.23. The van der Waals surface area contributed by atoms with Crippen LogP contribution in [0.2, 0.25) is 0 Å². The van der Waals surface area contributed by atoms with Crippen molar-refractivity contribution < 1.29 is 18.8 Å². The highest BCUT2D eigenvalue weighted by molar-refractivity contribution is 7.66. The zero-order valence-electron chi connectivity index (χ0n) is 10.6. The lowest BCUT2D eigenvalue weighted by Gasteiger charge is -2.31. The van der Waals surface area contributed by atoms with E-state index in [0.717, 1.165) is 0 Å². The molecule has 5 heteroatoms. The normalized spacial score (nSPS) is 27.1. The summed E-state index contributed by atoms with van der Waals surface area (Å²) in [6, 6.07) is 8.85. The molecule has 0 amide bonds. The van der Waals surface area contributed by atoms with Crippen LogP contribution in [0.1, 0.15) is 23.2 Å². The van der Waals surface area contributed by atoms with Crippen molar-refractivity contribution in [3.8, 4) is 0 Å². The quantitative estimate of drug-likeness (QED) is 0.664. The highest BCUT2D eigenvalue weighted by Gasteiger charge is 2.37. The fourth-order valence-electron chi connectivity index (χ4n) is 2.40. The maximum atomic E-state index is 12.3. The molecule has 19 heavy (non-hydrogen) atoms. The number of carbonyl (C=O) groups excluding carboxylic acids is 1. The number of aliphatic hydroxyl groups is 1. The summed E-state index contributed by atoms with van der Waals surface area (Å²) in [7, 11) is 1.51. The Labute approximate surface area is 115 Å². The highest BCUT2D eigenvalue weighted by Crippen LogP contribution is 2.27. The molecule has 0 bridgehead atoms. The predicted molar refractivity (Wildman–Crippen MR) is 73.4 cm³/mol. The SMILES string of the molecule is COC1CC(O)C(C(=O)c2ccccc2)CC1=S=O. The van der Waals surface area contributed by atoms with Gasteiger partial charge in [-0.1, -0.05) is 30.3 Å². The second-order valence-electron chi connectivity index (χ2n) is 4.62. The molecule has 0 aliphatic heterocycles. The number of ketones is 1. The van der Waals surface area contributed by atoms with E-state index in [1.54, 1.807) is 24.3 Å². The molecule has 1 aromatic carbocycles. The number of rotatable bonds is 3. The number of hydrogen-bond donors (Lipinski definition) is 1. The molecule has 0 saturated heterocycles. The minimum atomic E-state index is -0.770. The number of benzene rings is 1. The van der Waals surface area contributed by atoms with Gasteiger partial charge in [-0.3, -0.25) is 4.79 Å². The molecule has 1 fully saturated rings. The number of hydrogen-bond acceptors (Lipinski definition) is 4. The molecule has 2 rings (SSSR count). The van der Waals surface area contributed by atoms with E-state index in [9.17, 15) is 14.1 Å². The van der Waals surface area contributed by atoms with Gasteiger partial charge in [-0.15, -0.1) is 0 Å². The first-order valence-corrected chi connectivity index (χ1v) is 6.87. The van der Waals surface area contributed by atoms with Crippen LogP contribution in [0.15, 0.2) is 30.3 Å². The Morgan fingerprint density at radius 1 is 1.37 bits per heavy atom. The van der Waals surface area contributed by atoms with Crippen LogP contribution in [0.3, 0.4) is 0 Å². The van der Waals surface area contributed by atoms with Crippen LogP contribution in [-0.2, 0) is 16.0 Å². The van der Waals surface area contributed by atoms with Crippen molar-refractivity contribution in [3.63, 3.8) is 0 Å². The Morgan fingerprint density at radius 2 is 2.05 bits per heavy atom. The van der Waals surface area contributed by atoms with Gasteiger partial charge in [0.1, 0.15) is 0 Å². The Kier molecular flexibility index (Phi) is 4.63. The van der Waals surface area contributed by atoms with Gasteiger partial charge in [0, 0.05) is 19.1 Å². The smallest absolute Gasteiger partial charge is 0.168 e. The van der Waals surface area contributed by atoms with E-state index in [1.807, 2.05) is 6.07 Å². The van der Waals surface area contributed by atoms with Gasteiger partial charge in [0.05, 0.1) is 34.2 Å². The lowest BCUT2D eigenvalue weighted by molar-refractivity contribution is 0.0320. The molecule has 0 spiro atoms. The number of aliphatic hydroxyl groups excluding tert-OH is 1. The summed E-state index contributed by atoms with van der Waals surface area (Å²) in [5, 5.41) is 10.1. The van der Waals surface area contributed by atoms with Crippen molar-refractivity contribution in [1.29, 1.82) is 0 Å². The van der Waals surface area contributed by atoms with E-state index in [4.69, 9.17) is 4.74 Å². The number of carbonyl (C=O) groups is 1. The third kappa shape index (κ3) is 3.00. The van der Waals surface area contributed by atoms with Gasteiger partial charge in [0.15, 0.2) is 5.78 Å². The van der Waals surface area contributed by atoms with Crippen LogP contribution >= 0.6 is 0 Å². The van der Waals surface area contributed by atoms with Crippen LogP contribution in [0, 0.1) is 5.92 Å². The van der Waals surface area contributed by atoms with Gasteiger partial charge < -0.3 is 9.84 Å². The van der Waals surface area contributed by atoms with Crippen molar-refractivity contribution in [2.24, 2.45) is 5.92 Å². The summed E-state index contributed by atoms with van der Waals surface area (Å²) >= 11 is 0.375. The summed E-state index contributed by atoms with van der Waals surface area (Å²) in [5.41, 5.74) is 0.567. The van der Waals surface area contributed by atoms with Gasteiger partial charge in [0.2, 0.25) is 0 Å². The number of Topliss-reactive ketones (excluding diaryl/α,β-unsaturated/α-hetero) is 1. The van der Waals surface area contributed by atoms with E-state index >= 15 is 0 Å². The Hall–Kier alpha value is -1.30. The zero-order valence-corrected chi connectivity index (χ0v) is 11.4. The van der Waals surface area contributed by atoms with E-state index in [0.29, 0.717) is 28.1 Å². The fourth-order valence-corrected chi connectivity index (χ4v) is 2.95. The maximum absolute atomic E-state index is 12.3. The van der Waals surface area contributed by atoms with Gasteiger partial charge in [-0.05, 0) is 6.42 Å². The van der Waals surface area contributed by atoms with Gasteiger partial charge in [-0.25, -0.2) is 4.21 Å². The molecule has 3 atom stereocenters. The van der Waals surface area contributed by atoms with Crippen LogP contribution in [0.5, 0.6) is 0 Å². The van der Waals surface area contributed by atoms with Gasteiger partial charge in [0.25, 0.3) is 0 Å². The first kappa shape index (κ1) is 14.1. The molecule has 0 heterocycles. The second-order valence-corrected chi connectivity index (χ2v) is 5.31. The molecule has 102 valence electrons. The third-order valence-corrected chi connectivity index (χ3v) is 4.13. The molecule has 1 aliphatic rings. The molecule has 1 saturated carbocycles. The molecular weight excluding hydrogens is 264 g/mol. The minimum Gasteiger partial charge on any atom is -0.392 e. The van der Waals surface area contributed by atoms with Crippen LogP contribution in [0.25, 0.3) is 0 Å². The largest absolute Gasteiger partial charge is 0.392 e. The zero-order chi connectivity index (χ0) is 13.8. The maximum Gasteiger partial charge on any atom is 0.168 e. The molecule has 0 aromatic heterocycles. The first-order chi connectivity index (χ1) is 9.17. The summed E-state index contributed by atoms with van der Waals surface area (Å²) < 4.78 is 16.2. The average Bonchev–Trinajstić information content (AvgIpc) is 2.47. The van der Waals surface area contributed by atoms with E-state index in [2.05, 4.69) is 0 Å². The lowest BCUT2D eigenvalue weighted by atomic mass is 9.80. The summed E-state index contributed by atoms with van der Waals surface area (Å²) in [4.78, 5) is 12.9. The van der Waals surface area contributed by atoms with Crippen molar-refractivity contribution in [3.05, 3.63) is 35.9 Å². The van der Waals surface area contributed by atoms with Crippen molar-refractivity contribution in [2.45, 2.75) is 25.0 Å². The molecule has 0 radical (unpaired) electrons. The highest BCUT2D eigenvalue weighted by atomic mass is 32.1. The molecule has 1 N–H and O–H groups in total. The Bertz CT molecular complexity index is 507. The topological polar surface area (TPSA) is 63.6 Å². The molecule has 1 aliphatic carbocycles. The number of ether oxygens (including phenoxy) is 1. The molecular formula is C14H16O4S. The number of methoxy groups -OCH3 is 1. The Morgan fingerprint density at radius 3 is 2.63 bits per heavy atom. The van der Waals surface area contributed by atoms with E-state index < -0.39 is 12.0 Å². The summed E-state index contributed by atoms with van der Waals surface area (Å²) in [6.45, 7) is 0. The fraction of sp³-hybridized carbons (Fsp3) is 0.429. The van der Waals surface area contributed by atoms with Gasteiger partial charge >= 0.3 is 0 Å². The molecule has 4 nitrogen and oxygen atoms in total. The Balaban J connectivity index is 2.21. The van der Waals surface area contributed by atoms with Crippen molar-refractivity contribution in [2.75, 3.05) is 7.11 Å². The monoisotopic (exact) mass is 280 g/mol. The standard InChI is InChI=1S/C14H16O4S/c1-18-12-8-11(15)10(7-13(12)19-17)14(16)9-5-3-2-4-6-9/h2-6,10-12,15H,7-8H2,1H3. The lowest BCUT2D eigenvalue weighted by Crippen LogP contribution is -2.43. The van der Waals surface area contributed by atoms with E-state index in [1.165, 1.54) is 7.11 Å². The van der Waals surface area contributed by atoms with Crippen LogP contribution < -0.4 is 0 Å². The summed E-state index contributed by atoms with van der Waals surface area (Å²) in [5.74, 6) is -0.667. The van der Waals surface area contributed by atoms with Crippen molar-refractivity contribution in [1.82, 2.24) is 0 Å². The predicted octanol–water partition coefficient (Wildman–Crippen LogP) is 1.04.